The number of thioether (sulfide) groups is 1. The van der Waals surface area contributed by atoms with Gasteiger partial charge < -0.3 is 9.67 Å². The molecule has 1 fully saturated rings. The minimum Gasteiger partial charge on any atom is -0.480 e. The van der Waals surface area contributed by atoms with E-state index in [4.69, 9.17) is 0 Å². The number of nitrogens with zero attached hydrogens (tertiary/aromatic N) is 3. The highest BCUT2D eigenvalue weighted by atomic mass is 32.2. The van der Waals surface area contributed by atoms with Crippen LogP contribution in [0.1, 0.15) is 24.8 Å². The summed E-state index contributed by atoms with van der Waals surface area (Å²) in [5.74, 6) is 0.0162. The third kappa shape index (κ3) is 3.97. The molecule has 1 aliphatic heterocycles. The van der Waals surface area contributed by atoms with Crippen molar-refractivity contribution in [1.82, 2.24) is 13.9 Å². The van der Waals surface area contributed by atoms with E-state index in [-0.39, 0.29) is 12.5 Å². The molecule has 9 heteroatoms. The number of sulfonamides is 1. The predicted octanol–water partition coefficient (Wildman–Crippen LogP) is 3.41. The van der Waals surface area contributed by atoms with Crippen molar-refractivity contribution >= 4 is 38.7 Å². The highest BCUT2D eigenvalue weighted by molar-refractivity contribution is 7.99. The molecular formula is C21H23N3O4S2. The van der Waals surface area contributed by atoms with Crippen LogP contribution in [0.5, 0.6) is 0 Å². The Kier molecular flexibility index (Phi) is 5.86. The van der Waals surface area contributed by atoms with Gasteiger partial charge in [0.2, 0.25) is 10.0 Å². The second-order valence-corrected chi connectivity index (χ2v) is 10.5. The molecule has 1 unspecified atom stereocenters. The average molecular weight is 446 g/mol. The maximum atomic E-state index is 13.1. The summed E-state index contributed by atoms with van der Waals surface area (Å²) >= 11 is 1.67. The van der Waals surface area contributed by atoms with Gasteiger partial charge in [-0.2, -0.15) is 4.31 Å². The normalized spacial score (nSPS) is 17.6. The van der Waals surface area contributed by atoms with Gasteiger partial charge in [0.25, 0.3) is 0 Å². The topological polar surface area (TPSA) is 92.5 Å². The molecule has 30 heavy (non-hydrogen) atoms. The number of aromatic nitrogens is 2. The van der Waals surface area contributed by atoms with Gasteiger partial charge in [0, 0.05) is 41.7 Å². The molecule has 158 valence electrons. The first-order chi connectivity index (χ1) is 14.4. The van der Waals surface area contributed by atoms with Crippen molar-refractivity contribution in [2.45, 2.75) is 35.6 Å². The Morgan fingerprint density at radius 1 is 1.27 bits per heavy atom. The van der Waals surface area contributed by atoms with Crippen LogP contribution in [-0.2, 0) is 21.4 Å². The monoisotopic (exact) mass is 445 g/mol. The summed E-state index contributed by atoms with van der Waals surface area (Å²) in [5.41, 5.74) is 1.72. The number of hydrogen-bond donors (Lipinski definition) is 1. The lowest BCUT2D eigenvalue weighted by Crippen LogP contribution is -2.28. The van der Waals surface area contributed by atoms with Gasteiger partial charge in [0.1, 0.15) is 6.54 Å². The van der Waals surface area contributed by atoms with Crippen molar-refractivity contribution < 1.29 is 18.3 Å². The van der Waals surface area contributed by atoms with Crippen molar-refractivity contribution in [2.24, 2.45) is 0 Å². The number of carboxylic acids is 1. The van der Waals surface area contributed by atoms with Gasteiger partial charge in [0.15, 0.2) is 0 Å². The molecule has 0 saturated carbocycles. The smallest absolute Gasteiger partial charge is 0.323 e. The van der Waals surface area contributed by atoms with Crippen LogP contribution in [-0.4, -0.2) is 52.2 Å². The molecule has 1 atom stereocenters. The van der Waals surface area contributed by atoms with Crippen LogP contribution in [0.3, 0.4) is 0 Å². The summed E-state index contributed by atoms with van der Waals surface area (Å²) in [6.45, 7) is 2.72. The summed E-state index contributed by atoms with van der Waals surface area (Å²) in [6, 6.07) is 8.91. The fourth-order valence-corrected chi connectivity index (χ4v) is 6.15. The Labute approximate surface area is 179 Å². The number of rotatable bonds is 7. The summed E-state index contributed by atoms with van der Waals surface area (Å²) < 4.78 is 29.4. The molecule has 0 radical (unpaired) electrons. The molecule has 7 nitrogen and oxygen atoms in total. The summed E-state index contributed by atoms with van der Waals surface area (Å²) in [5, 5.41) is 10.1. The summed E-state index contributed by atoms with van der Waals surface area (Å²) in [6.07, 6.45) is 5.85. The van der Waals surface area contributed by atoms with E-state index in [1.165, 1.54) is 4.31 Å². The van der Waals surface area contributed by atoms with E-state index in [1.54, 1.807) is 40.9 Å². The standard InChI is InChI=1S/C21H23N3O4S2/c1-2-29-16-3-5-17(6-4-16)30(27,28)24-10-8-15(12-24)19-13-23(14-21(25)26)20-11-22-9-7-18(19)20/h3-7,9,11,13,15H,2,8,10,12,14H2,1H3,(H,25,26). The molecule has 1 aromatic carbocycles. The molecule has 0 spiro atoms. The van der Waals surface area contributed by atoms with Crippen LogP contribution < -0.4 is 0 Å². The van der Waals surface area contributed by atoms with Crippen LogP contribution in [0.25, 0.3) is 10.9 Å². The van der Waals surface area contributed by atoms with Crippen molar-refractivity contribution in [3.8, 4) is 0 Å². The van der Waals surface area contributed by atoms with E-state index in [1.807, 2.05) is 24.4 Å². The first-order valence-corrected chi connectivity index (χ1v) is 12.2. The minimum absolute atomic E-state index is 0.00893. The van der Waals surface area contributed by atoms with Crippen LogP contribution in [0.4, 0.5) is 0 Å². The second-order valence-electron chi connectivity index (χ2n) is 7.25. The zero-order chi connectivity index (χ0) is 21.3. The third-order valence-electron chi connectivity index (χ3n) is 5.38. The number of hydrogen-bond acceptors (Lipinski definition) is 5. The zero-order valence-electron chi connectivity index (χ0n) is 16.6. The van der Waals surface area contributed by atoms with E-state index >= 15 is 0 Å². The maximum Gasteiger partial charge on any atom is 0.323 e. The Morgan fingerprint density at radius 3 is 2.73 bits per heavy atom. The van der Waals surface area contributed by atoms with Gasteiger partial charge in [-0.3, -0.25) is 9.78 Å². The lowest BCUT2D eigenvalue weighted by molar-refractivity contribution is -0.137. The van der Waals surface area contributed by atoms with Gasteiger partial charge in [-0.25, -0.2) is 8.42 Å². The van der Waals surface area contributed by atoms with Crippen molar-refractivity contribution in [1.29, 1.82) is 0 Å². The van der Waals surface area contributed by atoms with Gasteiger partial charge >= 0.3 is 5.97 Å². The fraction of sp³-hybridized carbons (Fsp3) is 0.333. The second kappa shape index (κ2) is 8.41. The summed E-state index contributed by atoms with van der Waals surface area (Å²) in [4.78, 5) is 16.7. The molecule has 4 rings (SSSR count). The highest BCUT2D eigenvalue weighted by Gasteiger charge is 2.34. The Morgan fingerprint density at radius 2 is 2.03 bits per heavy atom. The Hall–Kier alpha value is -2.36. The number of aliphatic carboxylic acids is 1. The largest absolute Gasteiger partial charge is 0.480 e. The first kappa shape index (κ1) is 20.9. The lowest BCUT2D eigenvalue weighted by atomic mass is 9.98. The predicted molar refractivity (Wildman–Crippen MR) is 116 cm³/mol. The van der Waals surface area contributed by atoms with Gasteiger partial charge in [-0.1, -0.05) is 6.92 Å². The zero-order valence-corrected chi connectivity index (χ0v) is 18.2. The molecule has 0 aliphatic carbocycles. The molecule has 0 amide bonds. The first-order valence-electron chi connectivity index (χ1n) is 9.77. The number of carboxylic acid groups (broad SMARTS) is 1. The molecular weight excluding hydrogens is 422 g/mol. The number of benzene rings is 1. The summed E-state index contributed by atoms with van der Waals surface area (Å²) in [7, 11) is -3.57. The van der Waals surface area contributed by atoms with E-state index in [9.17, 15) is 18.3 Å². The van der Waals surface area contributed by atoms with Crippen LogP contribution in [0.15, 0.2) is 58.7 Å². The van der Waals surface area contributed by atoms with Gasteiger partial charge in [0.05, 0.1) is 16.6 Å². The molecule has 1 N–H and O–H groups in total. The molecule has 2 aromatic heterocycles. The van der Waals surface area contributed by atoms with Gasteiger partial charge in [-0.05, 0) is 48.1 Å². The molecule has 1 saturated heterocycles. The third-order valence-corrected chi connectivity index (χ3v) is 8.16. The molecule has 1 aliphatic rings. The lowest BCUT2D eigenvalue weighted by Gasteiger charge is -2.17. The molecule has 3 heterocycles. The van der Waals surface area contributed by atoms with E-state index in [0.29, 0.717) is 24.4 Å². The number of fused-ring (bicyclic) bond motifs is 1. The number of carbonyl (C=O) groups is 1. The van der Waals surface area contributed by atoms with E-state index < -0.39 is 16.0 Å². The maximum absolute atomic E-state index is 13.1. The van der Waals surface area contributed by atoms with Gasteiger partial charge in [-0.15, -0.1) is 11.8 Å². The van der Waals surface area contributed by atoms with Crippen LogP contribution >= 0.6 is 11.8 Å². The van der Waals surface area contributed by atoms with Crippen LogP contribution in [0.2, 0.25) is 0 Å². The van der Waals surface area contributed by atoms with E-state index in [0.717, 1.165) is 27.1 Å². The quantitative estimate of drug-likeness (QED) is 0.560. The number of pyridine rings is 1. The Bertz CT molecular complexity index is 1170. The van der Waals surface area contributed by atoms with Crippen LogP contribution in [0, 0.1) is 0 Å². The molecule has 0 bridgehead atoms. The van der Waals surface area contributed by atoms with Crippen molar-refractivity contribution in [2.75, 3.05) is 18.8 Å². The fourth-order valence-electron chi connectivity index (χ4n) is 3.99. The minimum atomic E-state index is -3.57. The molecule has 3 aromatic rings. The van der Waals surface area contributed by atoms with Crippen molar-refractivity contribution in [3.05, 3.63) is 54.5 Å². The highest BCUT2D eigenvalue weighted by Crippen LogP contribution is 2.36. The van der Waals surface area contributed by atoms with E-state index in [2.05, 4.69) is 11.9 Å². The van der Waals surface area contributed by atoms with Crippen molar-refractivity contribution in [3.63, 3.8) is 0 Å². The average Bonchev–Trinajstić information content (AvgIpc) is 3.34. The Balaban J connectivity index is 1.59. The SMILES string of the molecule is CCSc1ccc(S(=O)(=O)N2CCC(c3cn(CC(=O)O)c4cnccc34)C2)cc1.